The fourth-order valence-electron chi connectivity index (χ4n) is 1.56. The number of nitrogens with two attached hydrogens (primary N) is 1. The number of rotatable bonds is 2. The van der Waals surface area contributed by atoms with Gasteiger partial charge in [-0.15, -0.1) is 0 Å². The van der Waals surface area contributed by atoms with E-state index in [0.29, 0.717) is 17.2 Å². The number of aryl methyl sites for hydroxylation is 2. The van der Waals surface area contributed by atoms with Gasteiger partial charge in [-0.25, -0.2) is 4.39 Å². The summed E-state index contributed by atoms with van der Waals surface area (Å²) in [4.78, 5) is 0. The Hall–Kier alpha value is -2.03. The molecular formula is C14H14FNO. The summed E-state index contributed by atoms with van der Waals surface area (Å²) in [5, 5.41) is 0. The summed E-state index contributed by atoms with van der Waals surface area (Å²) in [6.07, 6.45) is 0. The molecule has 2 aromatic rings. The van der Waals surface area contributed by atoms with Crippen molar-refractivity contribution in [2.45, 2.75) is 13.8 Å². The Balaban J connectivity index is 2.28. The molecule has 0 radical (unpaired) electrons. The maximum atomic E-state index is 13.1. The highest BCUT2D eigenvalue weighted by atomic mass is 19.1. The number of hydrogen-bond acceptors (Lipinski definition) is 2. The molecule has 0 aromatic heterocycles. The third-order valence-corrected chi connectivity index (χ3v) is 2.61. The van der Waals surface area contributed by atoms with Crippen molar-refractivity contribution in [3.05, 3.63) is 53.3 Å². The molecule has 2 aromatic carbocycles. The molecule has 0 fully saturated rings. The molecule has 3 heteroatoms. The lowest BCUT2D eigenvalue weighted by Gasteiger charge is -2.08. The van der Waals surface area contributed by atoms with Crippen LogP contribution in [0.5, 0.6) is 11.5 Å². The van der Waals surface area contributed by atoms with E-state index in [0.717, 1.165) is 5.56 Å². The minimum atomic E-state index is -0.399. The molecule has 2 N–H and O–H groups in total. The molecule has 0 atom stereocenters. The molecule has 88 valence electrons. The van der Waals surface area contributed by atoms with Gasteiger partial charge in [0.2, 0.25) is 0 Å². The van der Waals surface area contributed by atoms with Gasteiger partial charge in [0, 0.05) is 17.8 Å². The van der Waals surface area contributed by atoms with Crippen molar-refractivity contribution in [3.8, 4) is 11.5 Å². The van der Waals surface area contributed by atoms with Gasteiger partial charge in [0.05, 0.1) is 0 Å². The van der Waals surface area contributed by atoms with E-state index in [4.69, 9.17) is 10.5 Å². The van der Waals surface area contributed by atoms with Crippen molar-refractivity contribution in [2.24, 2.45) is 0 Å². The maximum Gasteiger partial charge on any atom is 0.132 e. The number of hydrogen-bond donors (Lipinski definition) is 1. The van der Waals surface area contributed by atoms with Gasteiger partial charge >= 0.3 is 0 Å². The lowest BCUT2D eigenvalue weighted by Crippen LogP contribution is -1.91. The van der Waals surface area contributed by atoms with Gasteiger partial charge in [-0.05, 0) is 43.2 Å². The first-order valence-corrected chi connectivity index (χ1v) is 5.36. The predicted octanol–water partition coefficient (Wildman–Crippen LogP) is 3.82. The lowest BCUT2D eigenvalue weighted by molar-refractivity contribution is 0.476. The second kappa shape index (κ2) is 4.45. The molecule has 0 amide bonds. The molecule has 0 aliphatic rings. The molecule has 0 unspecified atom stereocenters. The Labute approximate surface area is 99.8 Å². The SMILES string of the molecule is Cc1ccc(Oc2cc(N)cc(F)c2)cc1C. The Morgan fingerprint density at radius 2 is 1.71 bits per heavy atom. The number of nitrogen functional groups attached to an aromatic ring is 1. The molecule has 0 aliphatic carbocycles. The van der Waals surface area contributed by atoms with Gasteiger partial charge < -0.3 is 10.5 Å². The van der Waals surface area contributed by atoms with Gasteiger partial charge in [-0.1, -0.05) is 6.07 Å². The molecule has 0 bridgehead atoms. The van der Waals surface area contributed by atoms with E-state index >= 15 is 0 Å². The lowest BCUT2D eigenvalue weighted by atomic mass is 10.1. The molecule has 0 aliphatic heterocycles. The monoisotopic (exact) mass is 231 g/mol. The van der Waals surface area contributed by atoms with Gasteiger partial charge in [0.15, 0.2) is 0 Å². The molecule has 0 heterocycles. The first-order valence-electron chi connectivity index (χ1n) is 5.36. The highest BCUT2D eigenvalue weighted by Crippen LogP contribution is 2.26. The van der Waals surface area contributed by atoms with Gasteiger partial charge in [0.1, 0.15) is 17.3 Å². The Kier molecular flexibility index (Phi) is 3.00. The van der Waals surface area contributed by atoms with Crippen LogP contribution >= 0.6 is 0 Å². The molecule has 17 heavy (non-hydrogen) atoms. The Morgan fingerprint density at radius 1 is 0.941 bits per heavy atom. The minimum absolute atomic E-state index is 0.351. The van der Waals surface area contributed by atoms with Crippen LogP contribution in [-0.2, 0) is 0 Å². The van der Waals surface area contributed by atoms with E-state index in [-0.39, 0.29) is 0 Å². The van der Waals surface area contributed by atoms with Crippen molar-refractivity contribution >= 4 is 5.69 Å². The summed E-state index contributed by atoms with van der Waals surface area (Å²) in [7, 11) is 0. The van der Waals surface area contributed by atoms with Crippen molar-refractivity contribution < 1.29 is 9.13 Å². The summed E-state index contributed by atoms with van der Waals surface area (Å²) in [5.41, 5.74) is 8.22. The quantitative estimate of drug-likeness (QED) is 0.797. The van der Waals surface area contributed by atoms with E-state index in [1.54, 1.807) is 6.07 Å². The molecule has 0 saturated heterocycles. The summed E-state index contributed by atoms with van der Waals surface area (Å²) in [5.74, 6) is 0.688. The Bertz CT molecular complexity index is 532. The predicted molar refractivity (Wildman–Crippen MR) is 66.8 cm³/mol. The minimum Gasteiger partial charge on any atom is -0.457 e. The van der Waals surface area contributed by atoms with Crippen LogP contribution in [0.25, 0.3) is 0 Å². The maximum absolute atomic E-state index is 13.1. The van der Waals surface area contributed by atoms with Gasteiger partial charge in [-0.3, -0.25) is 0 Å². The highest BCUT2D eigenvalue weighted by molar-refractivity contribution is 5.46. The topological polar surface area (TPSA) is 35.2 Å². The van der Waals surface area contributed by atoms with Crippen LogP contribution in [-0.4, -0.2) is 0 Å². The zero-order chi connectivity index (χ0) is 12.4. The normalized spacial score (nSPS) is 10.3. The van der Waals surface area contributed by atoms with Crippen LogP contribution in [0.1, 0.15) is 11.1 Å². The van der Waals surface area contributed by atoms with Gasteiger partial charge in [-0.2, -0.15) is 0 Å². The highest BCUT2D eigenvalue weighted by Gasteiger charge is 2.02. The molecule has 0 saturated carbocycles. The van der Waals surface area contributed by atoms with Crippen molar-refractivity contribution in [3.63, 3.8) is 0 Å². The largest absolute Gasteiger partial charge is 0.457 e. The fraction of sp³-hybridized carbons (Fsp3) is 0.143. The molecule has 0 spiro atoms. The van der Waals surface area contributed by atoms with Crippen LogP contribution < -0.4 is 10.5 Å². The number of halogens is 1. The van der Waals surface area contributed by atoms with E-state index in [1.807, 2.05) is 32.0 Å². The van der Waals surface area contributed by atoms with E-state index < -0.39 is 5.82 Å². The zero-order valence-corrected chi connectivity index (χ0v) is 9.83. The summed E-state index contributed by atoms with van der Waals surface area (Å²) >= 11 is 0. The first-order chi connectivity index (χ1) is 8.04. The number of benzene rings is 2. The van der Waals surface area contributed by atoms with Crippen molar-refractivity contribution in [2.75, 3.05) is 5.73 Å². The summed E-state index contributed by atoms with van der Waals surface area (Å²) in [6, 6.07) is 9.89. The van der Waals surface area contributed by atoms with Crippen molar-refractivity contribution in [1.82, 2.24) is 0 Å². The molecule has 2 rings (SSSR count). The third kappa shape index (κ3) is 2.75. The summed E-state index contributed by atoms with van der Waals surface area (Å²) in [6.45, 7) is 4.03. The van der Waals surface area contributed by atoms with Crippen LogP contribution in [0.2, 0.25) is 0 Å². The van der Waals surface area contributed by atoms with Crippen molar-refractivity contribution in [1.29, 1.82) is 0 Å². The summed E-state index contributed by atoms with van der Waals surface area (Å²) < 4.78 is 18.7. The Morgan fingerprint density at radius 3 is 2.35 bits per heavy atom. The first kappa shape index (κ1) is 11.5. The van der Waals surface area contributed by atoms with Crippen LogP contribution in [0, 0.1) is 19.7 Å². The van der Waals surface area contributed by atoms with E-state index in [2.05, 4.69) is 0 Å². The number of ether oxygens (including phenoxy) is 1. The van der Waals surface area contributed by atoms with Crippen LogP contribution in [0.4, 0.5) is 10.1 Å². The second-order valence-electron chi connectivity index (χ2n) is 4.07. The van der Waals surface area contributed by atoms with E-state index in [9.17, 15) is 4.39 Å². The standard InChI is InChI=1S/C14H14FNO/c1-9-3-4-13(5-10(9)2)17-14-7-11(15)6-12(16)8-14/h3-8H,16H2,1-2H3. The molecule has 2 nitrogen and oxygen atoms in total. The third-order valence-electron chi connectivity index (χ3n) is 2.61. The average Bonchev–Trinajstić information content (AvgIpc) is 2.22. The fourth-order valence-corrected chi connectivity index (χ4v) is 1.56. The van der Waals surface area contributed by atoms with Crippen LogP contribution in [0.15, 0.2) is 36.4 Å². The zero-order valence-electron chi connectivity index (χ0n) is 9.83. The number of anilines is 1. The van der Waals surface area contributed by atoms with Gasteiger partial charge in [0.25, 0.3) is 0 Å². The smallest absolute Gasteiger partial charge is 0.132 e. The molecular weight excluding hydrogens is 217 g/mol. The van der Waals surface area contributed by atoms with E-state index in [1.165, 1.54) is 17.7 Å². The average molecular weight is 231 g/mol. The second-order valence-corrected chi connectivity index (χ2v) is 4.07. The van der Waals surface area contributed by atoms with Crippen LogP contribution in [0.3, 0.4) is 0 Å².